The highest BCUT2D eigenvalue weighted by atomic mass is 32.2. The molecule has 0 unspecified atom stereocenters. The van der Waals surface area contributed by atoms with E-state index in [4.69, 9.17) is 0 Å². The Hall–Kier alpha value is -2.25. The highest BCUT2D eigenvalue weighted by molar-refractivity contribution is 7.89. The topological polar surface area (TPSA) is 57.7 Å². The number of hydrogen-bond donors (Lipinski definition) is 0. The second kappa shape index (κ2) is 7.29. The molecular formula is C21H23FN2O3S. The van der Waals surface area contributed by atoms with Gasteiger partial charge in [-0.15, -0.1) is 0 Å². The fourth-order valence-corrected chi connectivity index (χ4v) is 5.74. The summed E-state index contributed by atoms with van der Waals surface area (Å²) in [5.74, 6) is -0.874. The van der Waals surface area contributed by atoms with Crippen LogP contribution in [0.15, 0.2) is 53.4 Å². The first kappa shape index (κ1) is 19.1. The number of para-hydroxylation sites is 1. The molecule has 4 rings (SSSR count). The summed E-state index contributed by atoms with van der Waals surface area (Å²) in [5, 5.41) is 0. The van der Waals surface area contributed by atoms with E-state index in [9.17, 15) is 17.6 Å². The van der Waals surface area contributed by atoms with E-state index in [0.29, 0.717) is 19.4 Å². The van der Waals surface area contributed by atoms with E-state index in [0.717, 1.165) is 29.8 Å². The Morgan fingerprint density at radius 2 is 1.82 bits per heavy atom. The van der Waals surface area contributed by atoms with Crippen molar-refractivity contribution in [2.24, 2.45) is 5.92 Å². The zero-order valence-electron chi connectivity index (χ0n) is 15.7. The molecular weight excluding hydrogens is 379 g/mol. The van der Waals surface area contributed by atoms with E-state index in [1.807, 2.05) is 36.1 Å². The average Bonchev–Trinajstić information content (AvgIpc) is 3.03. The van der Waals surface area contributed by atoms with Crippen molar-refractivity contribution in [3.05, 3.63) is 59.9 Å². The summed E-state index contributed by atoms with van der Waals surface area (Å²) in [5.41, 5.74) is 2.08. The normalized spacial score (nSPS) is 22.9. The molecule has 2 aromatic rings. The lowest BCUT2D eigenvalue weighted by atomic mass is 9.97. The summed E-state index contributed by atoms with van der Waals surface area (Å²) in [7, 11) is -3.75. The van der Waals surface area contributed by atoms with E-state index in [1.165, 1.54) is 16.4 Å². The predicted molar refractivity (Wildman–Crippen MR) is 105 cm³/mol. The number of piperidine rings is 1. The molecule has 5 nitrogen and oxygen atoms in total. The number of anilines is 1. The molecule has 0 saturated carbocycles. The van der Waals surface area contributed by atoms with Gasteiger partial charge in [0.05, 0.1) is 10.8 Å². The lowest BCUT2D eigenvalue weighted by Crippen LogP contribution is -2.48. The number of fused-ring (bicyclic) bond motifs is 1. The zero-order chi connectivity index (χ0) is 19.9. The van der Waals surface area contributed by atoms with Crippen LogP contribution in [0.5, 0.6) is 0 Å². The molecule has 0 N–H and O–H groups in total. The van der Waals surface area contributed by atoms with Crippen molar-refractivity contribution in [3.63, 3.8) is 0 Å². The van der Waals surface area contributed by atoms with Gasteiger partial charge in [0.1, 0.15) is 5.82 Å². The number of carbonyl (C=O) groups is 1. The van der Waals surface area contributed by atoms with Crippen LogP contribution in [0.25, 0.3) is 0 Å². The van der Waals surface area contributed by atoms with Crippen LogP contribution in [0.4, 0.5) is 10.1 Å². The fraction of sp³-hybridized carbons (Fsp3) is 0.381. The summed E-state index contributed by atoms with van der Waals surface area (Å²) < 4.78 is 40.4. The van der Waals surface area contributed by atoms with Gasteiger partial charge in [0.25, 0.3) is 0 Å². The van der Waals surface area contributed by atoms with Crippen LogP contribution in [0.1, 0.15) is 25.3 Å². The maximum Gasteiger partial charge on any atom is 0.243 e. The van der Waals surface area contributed by atoms with Gasteiger partial charge in [-0.2, -0.15) is 4.31 Å². The van der Waals surface area contributed by atoms with Gasteiger partial charge in [-0.3, -0.25) is 4.79 Å². The van der Waals surface area contributed by atoms with Crippen molar-refractivity contribution >= 4 is 21.6 Å². The van der Waals surface area contributed by atoms with Gasteiger partial charge < -0.3 is 4.90 Å². The van der Waals surface area contributed by atoms with E-state index < -0.39 is 15.8 Å². The molecule has 2 atom stereocenters. The minimum atomic E-state index is -3.75. The molecule has 1 fully saturated rings. The Morgan fingerprint density at radius 1 is 1.11 bits per heavy atom. The fourth-order valence-electron chi connectivity index (χ4n) is 4.22. The number of hydrogen-bond acceptors (Lipinski definition) is 3. The highest BCUT2D eigenvalue weighted by Gasteiger charge is 2.39. The molecule has 0 aromatic heterocycles. The largest absolute Gasteiger partial charge is 0.309 e. The van der Waals surface area contributed by atoms with E-state index >= 15 is 0 Å². The van der Waals surface area contributed by atoms with Crippen molar-refractivity contribution in [1.82, 2.24) is 4.31 Å². The van der Waals surface area contributed by atoms with E-state index in [1.54, 1.807) is 0 Å². The Balaban J connectivity index is 1.56. The Bertz CT molecular complexity index is 991. The Labute approximate surface area is 164 Å². The van der Waals surface area contributed by atoms with Gasteiger partial charge in [0.2, 0.25) is 15.9 Å². The van der Waals surface area contributed by atoms with Crippen molar-refractivity contribution < 1.29 is 17.6 Å². The number of rotatable bonds is 3. The molecule has 0 bridgehead atoms. The number of benzene rings is 2. The molecule has 2 heterocycles. The van der Waals surface area contributed by atoms with Crippen molar-refractivity contribution in [2.45, 2.75) is 37.1 Å². The molecule has 1 saturated heterocycles. The number of halogens is 1. The second-order valence-corrected chi connectivity index (χ2v) is 9.48. The Kier molecular flexibility index (Phi) is 4.97. The first-order chi connectivity index (χ1) is 13.4. The van der Waals surface area contributed by atoms with Gasteiger partial charge in [0.15, 0.2) is 0 Å². The van der Waals surface area contributed by atoms with Crippen LogP contribution < -0.4 is 4.90 Å². The van der Waals surface area contributed by atoms with E-state index in [2.05, 4.69) is 0 Å². The molecule has 0 radical (unpaired) electrons. The number of carbonyl (C=O) groups excluding carboxylic acids is 1. The second-order valence-electron chi connectivity index (χ2n) is 7.55. The molecule has 28 heavy (non-hydrogen) atoms. The predicted octanol–water partition coefficient (Wildman–Crippen LogP) is 3.20. The van der Waals surface area contributed by atoms with Crippen LogP contribution in [-0.4, -0.2) is 37.8 Å². The van der Waals surface area contributed by atoms with Gasteiger partial charge in [-0.1, -0.05) is 18.2 Å². The quantitative estimate of drug-likeness (QED) is 0.792. The van der Waals surface area contributed by atoms with Crippen LogP contribution >= 0.6 is 0 Å². The van der Waals surface area contributed by atoms with E-state index in [-0.39, 0.29) is 29.3 Å². The third-order valence-corrected chi connectivity index (χ3v) is 7.51. The zero-order valence-corrected chi connectivity index (χ0v) is 16.5. The van der Waals surface area contributed by atoms with Crippen LogP contribution in [-0.2, 0) is 21.2 Å². The first-order valence-electron chi connectivity index (χ1n) is 9.54. The summed E-state index contributed by atoms with van der Waals surface area (Å²) in [6.07, 6.45) is 2.10. The monoisotopic (exact) mass is 402 g/mol. The molecule has 2 aromatic carbocycles. The van der Waals surface area contributed by atoms with Gasteiger partial charge >= 0.3 is 0 Å². The smallest absolute Gasteiger partial charge is 0.243 e. The molecule has 2 aliphatic rings. The molecule has 2 aliphatic heterocycles. The van der Waals surface area contributed by atoms with Crippen molar-refractivity contribution in [2.75, 3.05) is 18.0 Å². The minimum absolute atomic E-state index is 0.0172. The van der Waals surface area contributed by atoms with Gasteiger partial charge in [0, 0.05) is 24.8 Å². The molecule has 1 amide bonds. The van der Waals surface area contributed by atoms with Crippen LogP contribution in [0.2, 0.25) is 0 Å². The third kappa shape index (κ3) is 3.33. The SMILES string of the molecule is C[C@H]1Cc2ccccc2N1C(=O)[C@H]1CCCN(S(=O)(=O)c2ccc(F)cc2)C1. The number of nitrogens with zero attached hydrogens (tertiary/aromatic N) is 2. The molecule has 7 heteroatoms. The maximum absolute atomic E-state index is 13.3. The average molecular weight is 402 g/mol. The summed E-state index contributed by atoms with van der Waals surface area (Å²) in [4.78, 5) is 15.2. The standard InChI is InChI=1S/C21H23FN2O3S/c1-15-13-16-5-2-3-7-20(16)24(15)21(25)17-6-4-12-23(14-17)28(26,27)19-10-8-18(22)9-11-19/h2-3,5,7-11,15,17H,4,6,12-14H2,1H3/t15-,17-/m0/s1. The maximum atomic E-state index is 13.3. The molecule has 0 spiro atoms. The summed E-state index contributed by atoms with van der Waals surface area (Å²) in [6.45, 7) is 2.55. The van der Waals surface area contributed by atoms with Crippen molar-refractivity contribution in [1.29, 1.82) is 0 Å². The molecule has 148 valence electrons. The first-order valence-corrected chi connectivity index (χ1v) is 11.0. The summed E-state index contributed by atoms with van der Waals surface area (Å²) in [6, 6.07) is 12.8. The summed E-state index contributed by atoms with van der Waals surface area (Å²) >= 11 is 0. The van der Waals surface area contributed by atoms with Crippen LogP contribution in [0.3, 0.4) is 0 Å². The number of amides is 1. The van der Waals surface area contributed by atoms with Gasteiger partial charge in [-0.25, -0.2) is 12.8 Å². The minimum Gasteiger partial charge on any atom is -0.309 e. The number of sulfonamides is 1. The van der Waals surface area contributed by atoms with Crippen LogP contribution in [0, 0.1) is 11.7 Å². The Morgan fingerprint density at radius 3 is 2.57 bits per heavy atom. The lowest BCUT2D eigenvalue weighted by molar-refractivity contribution is -0.123. The molecule has 0 aliphatic carbocycles. The van der Waals surface area contributed by atoms with Crippen molar-refractivity contribution in [3.8, 4) is 0 Å². The van der Waals surface area contributed by atoms with Gasteiger partial charge in [-0.05, 0) is 62.1 Å². The third-order valence-electron chi connectivity index (χ3n) is 5.63. The highest BCUT2D eigenvalue weighted by Crippen LogP contribution is 2.35. The lowest BCUT2D eigenvalue weighted by Gasteiger charge is -2.34.